The van der Waals surface area contributed by atoms with Crippen LogP contribution in [0.25, 0.3) is 0 Å². The number of rotatable bonds is 6. The molecule has 0 spiro atoms. The third kappa shape index (κ3) is 3.38. The van der Waals surface area contributed by atoms with Crippen LogP contribution in [0.4, 0.5) is 0 Å². The molecule has 0 aromatic carbocycles. The summed E-state index contributed by atoms with van der Waals surface area (Å²) >= 11 is 1.40. The lowest BCUT2D eigenvalue weighted by atomic mass is 10.5. The number of aromatic nitrogens is 2. The molecule has 2 aromatic heterocycles. The van der Waals surface area contributed by atoms with Gasteiger partial charge >= 0.3 is 0 Å². The lowest BCUT2D eigenvalue weighted by Gasteiger charge is -2.05. The van der Waals surface area contributed by atoms with Crippen molar-refractivity contribution in [2.24, 2.45) is 0 Å². The number of nitrogens with one attached hydrogen (secondary N) is 2. The molecule has 0 fully saturated rings. The molecule has 2 aromatic rings. The van der Waals surface area contributed by atoms with Gasteiger partial charge in [-0.1, -0.05) is 5.16 Å². The highest BCUT2D eigenvalue weighted by Gasteiger charge is 2.19. The van der Waals surface area contributed by atoms with E-state index in [9.17, 15) is 8.42 Å². The fourth-order valence-electron chi connectivity index (χ4n) is 1.51. The molecule has 0 atom stereocenters. The fourth-order valence-corrected chi connectivity index (χ4v) is 3.94. The van der Waals surface area contributed by atoms with Crippen LogP contribution in [0.2, 0.25) is 0 Å². The molecule has 104 valence electrons. The van der Waals surface area contributed by atoms with E-state index in [-0.39, 0.29) is 11.4 Å². The van der Waals surface area contributed by atoms with Crippen molar-refractivity contribution < 1.29 is 12.9 Å². The zero-order valence-corrected chi connectivity index (χ0v) is 12.1. The van der Waals surface area contributed by atoms with Gasteiger partial charge in [-0.2, -0.15) is 4.98 Å². The van der Waals surface area contributed by atoms with Crippen LogP contribution in [0, 0.1) is 6.92 Å². The standard InChI is InChI=1S/C10H14N4O3S2/c1-7-13-10(14-17-7)6-12-19(15,16)9-3-4-18-8(9)5-11-2/h3-4,11-12H,5-6H2,1-2H3. The highest BCUT2D eigenvalue weighted by atomic mass is 32.2. The van der Waals surface area contributed by atoms with Crippen molar-refractivity contribution in [2.45, 2.75) is 24.9 Å². The normalized spacial score (nSPS) is 11.9. The van der Waals surface area contributed by atoms with Crippen LogP contribution in [0.15, 0.2) is 20.9 Å². The molecule has 0 aliphatic heterocycles. The minimum Gasteiger partial charge on any atom is -0.340 e. The Morgan fingerprint density at radius 2 is 2.21 bits per heavy atom. The van der Waals surface area contributed by atoms with Gasteiger partial charge in [0.2, 0.25) is 15.9 Å². The number of thiophene rings is 1. The Balaban J connectivity index is 2.11. The summed E-state index contributed by atoms with van der Waals surface area (Å²) in [6.07, 6.45) is 0. The van der Waals surface area contributed by atoms with E-state index in [0.29, 0.717) is 18.3 Å². The number of sulfonamides is 1. The Labute approximate surface area is 115 Å². The lowest BCUT2D eigenvalue weighted by molar-refractivity contribution is 0.387. The molecule has 0 saturated heterocycles. The van der Waals surface area contributed by atoms with Gasteiger partial charge in [0.1, 0.15) is 0 Å². The molecule has 0 unspecified atom stereocenters. The average molecular weight is 302 g/mol. The van der Waals surface area contributed by atoms with Gasteiger partial charge < -0.3 is 9.84 Å². The van der Waals surface area contributed by atoms with Crippen LogP contribution in [0.5, 0.6) is 0 Å². The first-order valence-corrected chi connectivity index (χ1v) is 7.89. The van der Waals surface area contributed by atoms with Gasteiger partial charge in [-0.15, -0.1) is 11.3 Å². The molecule has 2 N–H and O–H groups in total. The summed E-state index contributed by atoms with van der Waals surface area (Å²) in [7, 11) is -1.79. The summed E-state index contributed by atoms with van der Waals surface area (Å²) in [5.41, 5.74) is 0. The Morgan fingerprint density at radius 3 is 2.84 bits per heavy atom. The predicted octanol–water partition coefficient (Wildman–Crippen LogP) is 0.637. The average Bonchev–Trinajstić information content (AvgIpc) is 2.97. The van der Waals surface area contributed by atoms with E-state index in [4.69, 9.17) is 4.52 Å². The van der Waals surface area contributed by atoms with Crippen LogP contribution < -0.4 is 10.0 Å². The number of hydrogen-bond donors (Lipinski definition) is 2. The Bertz CT molecular complexity index is 647. The van der Waals surface area contributed by atoms with Gasteiger partial charge in [0, 0.05) is 18.3 Å². The molecule has 0 amide bonds. The smallest absolute Gasteiger partial charge is 0.242 e. The van der Waals surface area contributed by atoms with E-state index in [1.165, 1.54) is 11.3 Å². The number of nitrogens with zero attached hydrogens (tertiary/aromatic N) is 2. The maximum atomic E-state index is 12.2. The Morgan fingerprint density at radius 1 is 1.42 bits per heavy atom. The second kappa shape index (κ2) is 5.78. The monoisotopic (exact) mass is 302 g/mol. The number of aryl methyl sites for hydroxylation is 1. The van der Waals surface area contributed by atoms with Gasteiger partial charge in [0.15, 0.2) is 5.82 Å². The van der Waals surface area contributed by atoms with Gasteiger partial charge in [0.05, 0.1) is 11.4 Å². The quantitative estimate of drug-likeness (QED) is 0.812. The lowest BCUT2D eigenvalue weighted by Crippen LogP contribution is -2.24. The number of hydrogen-bond acceptors (Lipinski definition) is 7. The zero-order valence-electron chi connectivity index (χ0n) is 10.5. The van der Waals surface area contributed by atoms with Crippen LogP contribution >= 0.6 is 11.3 Å². The molecule has 0 radical (unpaired) electrons. The third-order valence-electron chi connectivity index (χ3n) is 2.32. The van der Waals surface area contributed by atoms with Crippen LogP contribution in [-0.2, 0) is 23.1 Å². The van der Waals surface area contributed by atoms with Gasteiger partial charge in [-0.3, -0.25) is 0 Å². The van der Waals surface area contributed by atoms with Crippen LogP contribution in [-0.4, -0.2) is 25.6 Å². The highest BCUT2D eigenvalue weighted by molar-refractivity contribution is 7.89. The van der Waals surface area contributed by atoms with E-state index in [1.54, 1.807) is 25.4 Å². The summed E-state index contributed by atoms with van der Waals surface area (Å²) in [4.78, 5) is 4.99. The van der Waals surface area contributed by atoms with Gasteiger partial charge in [-0.05, 0) is 18.5 Å². The van der Waals surface area contributed by atoms with E-state index >= 15 is 0 Å². The van der Waals surface area contributed by atoms with Crippen molar-refractivity contribution in [1.82, 2.24) is 20.2 Å². The highest BCUT2D eigenvalue weighted by Crippen LogP contribution is 2.21. The van der Waals surface area contributed by atoms with E-state index in [1.807, 2.05) is 0 Å². The molecule has 9 heteroatoms. The maximum absolute atomic E-state index is 12.2. The predicted molar refractivity (Wildman–Crippen MR) is 70.1 cm³/mol. The molecule has 0 saturated carbocycles. The summed E-state index contributed by atoms with van der Waals surface area (Å²) in [6, 6.07) is 1.58. The van der Waals surface area contributed by atoms with E-state index < -0.39 is 10.0 Å². The zero-order chi connectivity index (χ0) is 13.9. The van der Waals surface area contributed by atoms with Crippen molar-refractivity contribution >= 4 is 21.4 Å². The molecule has 19 heavy (non-hydrogen) atoms. The molecular weight excluding hydrogens is 288 g/mol. The van der Waals surface area contributed by atoms with Crippen molar-refractivity contribution in [3.63, 3.8) is 0 Å². The first-order valence-electron chi connectivity index (χ1n) is 5.53. The largest absolute Gasteiger partial charge is 0.340 e. The molecule has 0 aliphatic carbocycles. The summed E-state index contributed by atoms with van der Waals surface area (Å²) < 4.78 is 31.5. The second-order valence-corrected chi connectivity index (χ2v) is 6.53. The van der Waals surface area contributed by atoms with Crippen molar-refractivity contribution in [1.29, 1.82) is 0 Å². The first-order chi connectivity index (χ1) is 9.03. The van der Waals surface area contributed by atoms with Crippen molar-refractivity contribution in [3.8, 4) is 0 Å². The summed E-state index contributed by atoms with van der Waals surface area (Å²) in [6.45, 7) is 2.17. The summed E-state index contributed by atoms with van der Waals surface area (Å²) in [5, 5.41) is 8.32. The van der Waals surface area contributed by atoms with Crippen molar-refractivity contribution in [3.05, 3.63) is 28.0 Å². The van der Waals surface area contributed by atoms with E-state index in [2.05, 4.69) is 20.2 Å². The maximum Gasteiger partial charge on any atom is 0.242 e. The van der Waals surface area contributed by atoms with Gasteiger partial charge in [0.25, 0.3) is 0 Å². The van der Waals surface area contributed by atoms with E-state index in [0.717, 1.165) is 4.88 Å². The van der Waals surface area contributed by atoms with Gasteiger partial charge in [-0.25, -0.2) is 13.1 Å². The molecular formula is C10H14N4O3S2. The molecule has 2 rings (SSSR count). The molecule has 0 aliphatic rings. The Kier molecular flexibility index (Phi) is 4.30. The minimum atomic E-state index is -3.56. The SMILES string of the molecule is CNCc1sccc1S(=O)(=O)NCc1noc(C)n1. The topological polar surface area (TPSA) is 97.1 Å². The molecule has 0 bridgehead atoms. The molecule has 2 heterocycles. The summed E-state index contributed by atoms with van der Waals surface area (Å²) in [5.74, 6) is 0.715. The minimum absolute atomic E-state index is 0.00845. The third-order valence-corrected chi connectivity index (χ3v) is 4.86. The first kappa shape index (κ1) is 14.1. The van der Waals surface area contributed by atoms with Crippen molar-refractivity contribution in [2.75, 3.05) is 7.05 Å². The molecule has 7 nitrogen and oxygen atoms in total. The fraction of sp³-hybridized carbons (Fsp3) is 0.400. The van der Waals surface area contributed by atoms with Crippen LogP contribution in [0.1, 0.15) is 16.6 Å². The van der Waals surface area contributed by atoms with Crippen LogP contribution in [0.3, 0.4) is 0 Å². The Hall–Kier alpha value is -1.29. The second-order valence-electron chi connectivity index (χ2n) is 3.79.